The van der Waals surface area contributed by atoms with E-state index in [-0.39, 0.29) is 17.9 Å². The van der Waals surface area contributed by atoms with Gasteiger partial charge < -0.3 is 15.5 Å². The van der Waals surface area contributed by atoms with Crippen molar-refractivity contribution in [2.24, 2.45) is 5.73 Å². The Bertz CT molecular complexity index is 426. The van der Waals surface area contributed by atoms with E-state index in [1.807, 2.05) is 0 Å². The first kappa shape index (κ1) is 12.6. The molecule has 0 amide bonds. The van der Waals surface area contributed by atoms with Gasteiger partial charge in [-0.25, -0.2) is 0 Å². The van der Waals surface area contributed by atoms with Gasteiger partial charge >= 0.3 is 6.18 Å². The van der Waals surface area contributed by atoms with E-state index in [4.69, 9.17) is 5.73 Å². The summed E-state index contributed by atoms with van der Waals surface area (Å²) in [7, 11) is 0. The summed E-state index contributed by atoms with van der Waals surface area (Å²) in [5.74, 6) is -0.124. The van der Waals surface area contributed by atoms with Crippen LogP contribution in [0.2, 0.25) is 0 Å². The Morgan fingerprint density at radius 3 is 2.62 bits per heavy atom. The highest BCUT2D eigenvalue weighted by atomic mass is 19.4. The summed E-state index contributed by atoms with van der Waals surface area (Å²) in [6.07, 6.45) is -4.44. The molecule has 16 heavy (non-hydrogen) atoms. The highest BCUT2D eigenvalue weighted by molar-refractivity contribution is 5.32. The molecule has 4 nitrogen and oxygen atoms in total. The second-order valence-electron chi connectivity index (χ2n) is 3.23. The second kappa shape index (κ2) is 4.56. The molecule has 1 rings (SSSR count). The molecule has 0 saturated heterocycles. The van der Waals surface area contributed by atoms with Crippen LogP contribution >= 0.6 is 0 Å². The molecule has 0 atom stereocenters. The van der Waals surface area contributed by atoms with Crippen LogP contribution in [0.1, 0.15) is 11.3 Å². The van der Waals surface area contributed by atoms with Crippen LogP contribution in [0.15, 0.2) is 10.9 Å². The maximum Gasteiger partial charge on any atom is 0.422 e. The van der Waals surface area contributed by atoms with Crippen molar-refractivity contribution < 1.29 is 17.9 Å². The number of hydrogen-bond donors (Lipinski definition) is 2. The molecule has 0 aliphatic carbocycles. The van der Waals surface area contributed by atoms with Crippen molar-refractivity contribution in [3.63, 3.8) is 0 Å². The number of ether oxygens (including phenoxy) is 1. The van der Waals surface area contributed by atoms with Crippen LogP contribution in [0.5, 0.6) is 5.75 Å². The number of aryl methyl sites for hydroxylation is 1. The molecular formula is C9H11F3N2O2. The molecule has 90 valence electrons. The quantitative estimate of drug-likeness (QED) is 0.825. The normalized spacial score (nSPS) is 11.6. The van der Waals surface area contributed by atoms with Crippen molar-refractivity contribution in [2.45, 2.75) is 19.6 Å². The number of rotatable bonds is 3. The van der Waals surface area contributed by atoms with Crippen LogP contribution < -0.4 is 16.0 Å². The molecule has 0 aromatic carbocycles. The van der Waals surface area contributed by atoms with Crippen LogP contribution in [-0.2, 0) is 6.54 Å². The third-order valence-electron chi connectivity index (χ3n) is 1.83. The molecule has 1 aromatic heterocycles. The molecule has 0 spiro atoms. The van der Waals surface area contributed by atoms with Gasteiger partial charge in [0.1, 0.15) is 5.75 Å². The van der Waals surface area contributed by atoms with Crippen molar-refractivity contribution in [1.82, 2.24) is 4.98 Å². The summed E-state index contributed by atoms with van der Waals surface area (Å²) in [4.78, 5) is 13.8. The fourth-order valence-corrected chi connectivity index (χ4v) is 1.17. The first-order valence-corrected chi connectivity index (χ1v) is 4.46. The Kier molecular flexibility index (Phi) is 3.58. The summed E-state index contributed by atoms with van der Waals surface area (Å²) < 4.78 is 40.3. The molecule has 1 aromatic rings. The van der Waals surface area contributed by atoms with Crippen molar-refractivity contribution in [1.29, 1.82) is 0 Å². The number of nitrogens with one attached hydrogen (secondary N) is 1. The van der Waals surface area contributed by atoms with E-state index in [9.17, 15) is 18.0 Å². The first-order valence-electron chi connectivity index (χ1n) is 4.46. The lowest BCUT2D eigenvalue weighted by molar-refractivity contribution is -0.153. The highest BCUT2D eigenvalue weighted by Gasteiger charge is 2.29. The fourth-order valence-electron chi connectivity index (χ4n) is 1.17. The molecular weight excluding hydrogens is 225 g/mol. The van der Waals surface area contributed by atoms with Gasteiger partial charge in [0.25, 0.3) is 5.56 Å². The van der Waals surface area contributed by atoms with Gasteiger partial charge in [-0.2, -0.15) is 13.2 Å². The Labute approximate surface area is 89.2 Å². The lowest BCUT2D eigenvalue weighted by atomic mass is 10.2. The zero-order valence-corrected chi connectivity index (χ0v) is 8.52. The monoisotopic (exact) mass is 236 g/mol. The van der Waals surface area contributed by atoms with Gasteiger partial charge in [0.05, 0.1) is 5.56 Å². The fraction of sp³-hybridized carbons (Fsp3) is 0.444. The summed E-state index contributed by atoms with van der Waals surface area (Å²) in [6, 6.07) is 1.31. The molecule has 0 radical (unpaired) electrons. The lowest BCUT2D eigenvalue weighted by Crippen LogP contribution is -2.23. The van der Waals surface area contributed by atoms with E-state index in [0.717, 1.165) is 0 Å². The standard InChI is InChI=1S/C9H11F3N2O2/c1-5-2-7(16-4-9(10,11)12)6(3-13)8(15)14-5/h2H,3-4,13H2,1H3,(H,14,15). The predicted molar refractivity (Wildman–Crippen MR) is 51.2 cm³/mol. The molecule has 0 aliphatic heterocycles. The zero-order chi connectivity index (χ0) is 12.3. The minimum atomic E-state index is -4.44. The van der Waals surface area contributed by atoms with Gasteiger partial charge in [0.2, 0.25) is 0 Å². The van der Waals surface area contributed by atoms with E-state index >= 15 is 0 Å². The van der Waals surface area contributed by atoms with E-state index in [0.29, 0.717) is 5.69 Å². The molecule has 0 unspecified atom stereocenters. The van der Waals surface area contributed by atoms with Crippen LogP contribution in [0.4, 0.5) is 13.2 Å². The average molecular weight is 236 g/mol. The van der Waals surface area contributed by atoms with Gasteiger partial charge in [-0.1, -0.05) is 0 Å². The molecule has 0 fully saturated rings. The topological polar surface area (TPSA) is 68.1 Å². The molecule has 0 saturated carbocycles. The van der Waals surface area contributed by atoms with E-state index in [1.165, 1.54) is 6.07 Å². The minimum Gasteiger partial charge on any atom is -0.484 e. The van der Waals surface area contributed by atoms with Gasteiger partial charge in [0.15, 0.2) is 6.61 Å². The highest BCUT2D eigenvalue weighted by Crippen LogP contribution is 2.20. The van der Waals surface area contributed by atoms with Crippen LogP contribution in [0, 0.1) is 6.92 Å². The smallest absolute Gasteiger partial charge is 0.422 e. The molecule has 7 heteroatoms. The summed E-state index contributed by atoms with van der Waals surface area (Å²) in [5.41, 5.74) is 5.16. The van der Waals surface area contributed by atoms with Crippen molar-refractivity contribution in [3.8, 4) is 5.75 Å². The summed E-state index contributed by atoms with van der Waals surface area (Å²) in [5, 5.41) is 0. The van der Waals surface area contributed by atoms with Gasteiger partial charge in [-0.05, 0) is 13.0 Å². The van der Waals surface area contributed by atoms with Crippen LogP contribution in [0.3, 0.4) is 0 Å². The Morgan fingerprint density at radius 1 is 1.50 bits per heavy atom. The molecule has 3 N–H and O–H groups in total. The van der Waals surface area contributed by atoms with Crippen LogP contribution in [0.25, 0.3) is 0 Å². The van der Waals surface area contributed by atoms with E-state index < -0.39 is 18.3 Å². The molecule has 0 aliphatic rings. The average Bonchev–Trinajstić information content (AvgIpc) is 2.12. The SMILES string of the molecule is Cc1cc(OCC(F)(F)F)c(CN)c(=O)[nH]1. The second-order valence-corrected chi connectivity index (χ2v) is 3.23. The van der Waals surface area contributed by atoms with E-state index in [1.54, 1.807) is 6.92 Å². The third-order valence-corrected chi connectivity index (χ3v) is 1.83. The number of pyridine rings is 1. The molecule has 0 bridgehead atoms. The largest absolute Gasteiger partial charge is 0.484 e. The van der Waals surface area contributed by atoms with Gasteiger partial charge in [-0.3, -0.25) is 4.79 Å². The number of aromatic amines is 1. The van der Waals surface area contributed by atoms with Gasteiger partial charge in [0, 0.05) is 12.2 Å². The van der Waals surface area contributed by atoms with Crippen LogP contribution in [-0.4, -0.2) is 17.8 Å². The zero-order valence-electron chi connectivity index (χ0n) is 8.52. The van der Waals surface area contributed by atoms with Crippen molar-refractivity contribution >= 4 is 0 Å². The third kappa shape index (κ3) is 3.27. The number of halogens is 3. The summed E-state index contributed by atoms with van der Waals surface area (Å²) in [6.45, 7) is -0.0756. The maximum absolute atomic E-state index is 11.9. The van der Waals surface area contributed by atoms with E-state index in [2.05, 4.69) is 9.72 Å². The first-order chi connectivity index (χ1) is 7.33. The lowest BCUT2D eigenvalue weighted by Gasteiger charge is -2.12. The van der Waals surface area contributed by atoms with Crippen molar-refractivity contribution in [3.05, 3.63) is 27.7 Å². The number of hydrogen-bond acceptors (Lipinski definition) is 3. The predicted octanol–water partition coefficient (Wildman–Crippen LogP) is 1.08. The number of H-pyrrole nitrogens is 1. The maximum atomic E-state index is 11.9. The number of alkyl halides is 3. The number of nitrogens with two attached hydrogens (primary N) is 1. The summed E-state index contributed by atoms with van der Waals surface area (Å²) >= 11 is 0. The minimum absolute atomic E-state index is 0.00912. The molecule has 1 heterocycles. The van der Waals surface area contributed by atoms with Gasteiger partial charge in [-0.15, -0.1) is 0 Å². The Hall–Kier alpha value is -1.50. The Morgan fingerprint density at radius 2 is 2.12 bits per heavy atom. The number of aromatic nitrogens is 1. The Balaban J connectivity index is 2.99. The van der Waals surface area contributed by atoms with Crippen molar-refractivity contribution in [2.75, 3.05) is 6.61 Å².